The van der Waals surface area contributed by atoms with Crippen molar-refractivity contribution < 1.29 is 33.0 Å². The number of carbonyl (C=O) groups is 3. The number of anilines is 2. The van der Waals surface area contributed by atoms with Crippen LogP contribution in [0.5, 0.6) is 0 Å². The van der Waals surface area contributed by atoms with Crippen molar-refractivity contribution in [2.24, 2.45) is 5.92 Å². The van der Waals surface area contributed by atoms with Crippen LogP contribution in [0.4, 0.5) is 20.2 Å². The average molecular weight is 613 g/mol. The molecule has 4 N–H and O–H groups in total. The molecule has 43 heavy (non-hydrogen) atoms. The predicted molar refractivity (Wildman–Crippen MR) is 157 cm³/mol. The topological polar surface area (TPSA) is 120 Å². The van der Waals surface area contributed by atoms with Crippen LogP contribution in [0.1, 0.15) is 44.9 Å². The van der Waals surface area contributed by atoms with Crippen molar-refractivity contribution in [2.75, 3.05) is 17.2 Å². The second-order valence-corrected chi connectivity index (χ2v) is 12.7. The van der Waals surface area contributed by atoms with E-state index in [0.29, 0.717) is 12.8 Å². The number of carboxylic acids is 1. The summed E-state index contributed by atoms with van der Waals surface area (Å²) in [7, 11) is 0. The maximum Gasteiger partial charge on any atom is 0.330 e. The van der Waals surface area contributed by atoms with Crippen molar-refractivity contribution in [2.45, 2.75) is 79.1 Å². The van der Waals surface area contributed by atoms with Gasteiger partial charge < -0.3 is 30.7 Å². The zero-order chi connectivity index (χ0) is 30.1. The zero-order valence-electron chi connectivity index (χ0n) is 23.4. The van der Waals surface area contributed by atoms with E-state index in [-0.39, 0.29) is 36.9 Å². The number of amides is 2. The van der Waals surface area contributed by atoms with Gasteiger partial charge in [0.2, 0.25) is 11.8 Å². The SMILES string of the molecule is O=C1N[C@]2(C(=O)O)C[C@H]2/C=C\CCCCC[C@H](Nc2ccc(F)c(F)c2)C(=O)N2C[C@H](OC3Nc4ccccc4S3)C[C@@H]12. The van der Waals surface area contributed by atoms with Crippen molar-refractivity contribution >= 4 is 40.9 Å². The van der Waals surface area contributed by atoms with Crippen LogP contribution in [0.25, 0.3) is 0 Å². The molecule has 0 aromatic heterocycles. The minimum absolute atomic E-state index is 0.116. The number of thioether (sulfide) groups is 1. The molecule has 0 bridgehead atoms. The van der Waals surface area contributed by atoms with Crippen LogP contribution in [0, 0.1) is 17.6 Å². The molecule has 12 heteroatoms. The van der Waals surface area contributed by atoms with Crippen LogP contribution in [0.15, 0.2) is 59.5 Å². The quantitative estimate of drug-likeness (QED) is 0.359. The lowest BCUT2D eigenvalue weighted by Gasteiger charge is -2.30. The van der Waals surface area contributed by atoms with Gasteiger partial charge in [0.15, 0.2) is 17.2 Å². The van der Waals surface area contributed by atoms with Gasteiger partial charge in [0.25, 0.3) is 0 Å². The summed E-state index contributed by atoms with van der Waals surface area (Å²) in [5, 5.41) is 19.2. The van der Waals surface area contributed by atoms with E-state index >= 15 is 0 Å². The van der Waals surface area contributed by atoms with Crippen molar-refractivity contribution in [1.82, 2.24) is 10.2 Å². The Morgan fingerprint density at radius 2 is 1.95 bits per heavy atom. The summed E-state index contributed by atoms with van der Waals surface area (Å²) in [5.74, 6) is -4.38. The second kappa shape index (κ2) is 12.2. The van der Waals surface area contributed by atoms with Crippen LogP contribution in [0.2, 0.25) is 0 Å². The molecule has 0 spiro atoms. The van der Waals surface area contributed by atoms with Crippen molar-refractivity contribution in [3.63, 3.8) is 0 Å². The molecular formula is C31H34F2N4O5S. The summed E-state index contributed by atoms with van der Waals surface area (Å²) >= 11 is 1.50. The molecule has 3 aliphatic heterocycles. The first-order chi connectivity index (χ1) is 20.7. The highest BCUT2D eigenvalue weighted by Gasteiger charge is 2.61. The number of para-hydroxylation sites is 1. The standard InChI is InChI=1S/C31H34F2N4O5S/c32-21-13-12-19(14-22(21)33)34-24-10-5-3-1-2-4-8-18-16-31(18,29(40)41)36-27(38)25-15-20(17-37(25)28(24)39)42-30-35-23-9-6-7-11-26(23)43-30/h4,6-9,11-14,18,20,24-25,30,34-35H,1-3,5,10,15-17H2,(H,36,38)(H,40,41)/b8-4-/t18-,20-,24+,25+,30?,31-/m1/s1. The Morgan fingerprint density at radius 3 is 2.74 bits per heavy atom. The number of carbonyl (C=O) groups excluding carboxylic acids is 2. The van der Waals surface area contributed by atoms with Crippen LogP contribution < -0.4 is 16.0 Å². The van der Waals surface area contributed by atoms with E-state index in [1.54, 1.807) is 0 Å². The van der Waals surface area contributed by atoms with Crippen molar-refractivity contribution in [1.29, 1.82) is 0 Å². The molecule has 2 aromatic carbocycles. The van der Waals surface area contributed by atoms with E-state index in [1.807, 2.05) is 36.4 Å². The number of aliphatic carboxylic acids is 1. The lowest BCUT2D eigenvalue weighted by Crippen LogP contribution is -2.55. The van der Waals surface area contributed by atoms with E-state index in [1.165, 1.54) is 22.7 Å². The van der Waals surface area contributed by atoms with E-state index in [0.717, 1.165) is 42.0 Å². The maximum atomic E-state index is 14.1. The summed E-state index contributed by atoms with van der Waals surface area (Å²) in [6.45, 7) is 0.116. The first-order valence-electron chi connectivity index (χ1n) is 14.7. The van der Waals surface area contributed by atoms with Gasteiger partial charge in [-0.3, -0.25) is 9.59 Å². The lowest BCUT2D eigenvalue weighted by atomic mass is 10.0. The molecule has 228 valence electrons. The third kappa shape index (κ3) is 6.21. The van der Waals surface area contributed by atoms with Gasteiger partial charge in [-0.1, -0.05) is 48.9 Å². The molecule has 1 aliphatic carbocycles. The normalized spacial score (nSPS) is 31.4. The number of benzene rings is 2. The summed E-state index contributed by atoms with van der Waals surface area (Å²) in [4.78, 5) is 42.7. The number of carboxylic acid groups (broad SMARTS) is 1. The Labute approximate surface area is 252 Å². The van der Waals surface area contributed by atoms with Crippen LogP contribution in [0.3, 0.4) is 0 Å². The van der Waals surface area contributed by atoms with Crippen molar-refractivity contribution in [3.8, 4) is 0 Å². The number of allylic oxidation sites excluding steroid dienone is 1. The van der Waals surface area contributed by atoms with Gasteiger partial charge in [0.05, 0.1) is 11.8 Å². The monoisotopic (exact) mass is 612 g/mol. The van der Waals surface area contributed by atoms with Crippen LogP contribution in [-0.4, -0.2) is 63.6 Å². The number of nitrogens with one attached hydrogen (secondary N) is 3. The number of halogens is 2. The minimum Gasteiger partial charge on any atom is -0.479 e. The fourth-order valence-electron chi connectivity index (χ4n) is 6.14. The molecule has 6 rings (SSSR count). The molecule has 9 nitrogen and oxygen atoms in total. The predicted octanol–water partition coefficient (Wildman–Crippen LogP) is 4.71. The lowest BCUT2D eigenvalue weighted by molar-refractivity contribution is -0.145. The molecule has 1 saturated heterocycles. The largest absolute Gasteiger partial charge is 0.479 e. The fourth-order valence-corrected chi connectivity index (χ4v) is 7.18. The highest BCUT2D eigenvalue weighted by molar-refractivity contribution is 8.00. The molecule has 1 saturated carbocycles. The van der Waals surface area contributed by atoms with Gasteiger partial charge in [0.1, 0.15) is 17.6 Å². The van der Waals surface area contributed by atoms with E-state index in [9.17, 15) is 28.3 Å². The van der Waals surface area contributed by atoms with Crippen molar-refractivity contribution in [3.05, 3.63) is 66.3 Å². The molecule has 6 atom stereocenters. The highest BCUT2D eigenvalue weighted by atomic mass is 32.2. The third-order valence-electron chi connectivity index (χ3n) is 8.59. The second-order valence-electron chi connectivity index (χ2n) is 11.6. The Morgan fingerprint density at radius 1 is 1.12 bits per heavy atom. The highest BCUT2D eigenvalue weighted by Crippen LogP contribution is 2.46. The number of hydrogen-bond donors (Lipinski definition) is 4. The number of nitrogens with zero attached hydrogens (tertiary/aromatic N) is 1. The van der Waals surface area contributed by atoms with Gasteiger partial charge in [-0.15, -0.1) is 0 Å². The minimum atomic E-state index is -1.41. The first kappa shape index (κ1) is 29.4. The average Bonchev–Trinajstić information content (AvgIpc) is 3.30. The Kier molecular flexibility index (Phi) is 8.32. The Bertz CT molecular complexity index is 1420. The van der Waals surface area contributed by atoms with E-state index in [2.05, 4.69) is 16.0 Å². The Balaban J connectivity index is 1.26. The van der Waals surface area contributed by atoms with Gasteiger partial charge in [-0.2, -0.15) is 0 Å². The van der Waals surface area contributed by atoms with E-state index in [4.69, 9.17) is 4.74 Å². The Hall–Kier alpha value is -3.64. The summed E-state index contributed by atoms with van der Waals surface area (Å²) < 4.78 is 34.0. The summed E-state index contributed by atoms with van der Waals surface area (Å²) in [6, 6.07) is 9.38. The van der Waals surface area contributed by atoms with Crippen LogP contribution >= 0.6 is 11.8 Å². The molecule has 3 heterocycles. The molecule has 0 radical (unpaired) electrons. The van der Waals surface area contributed by atoms with Gasteiger partial charge in [0, 0.05) is 35.5 Å². The fraction of sp³-hybridized carbons (Fsp3) is 0.452. The molecule has 1 unspecified atom stereocenters. The number of ether oxygens (including phenoxy) is 1. The van der Waals surface area contributed by atoms with Gasteiger partial charge in [-0.05, 0) is 49.9 Å². The van der Waals surface area contributed by atoms with Gasteiger partial charge >= 0.3 is 5.97 Å². The first-order valence-corrected chi connectivity index (χ1v) is 15.5. The third-order valence-corrected chi connectivity index (χ3v) is 9.65. The number of fused-ring (bicyclic) bond motifs is 3. The van der Waals surface area contributed by atoms with E-state index < -0.39 is 52.8 Å². The summed E-state index contributed by atoms with van der Waals surface area (Å²) in [5.41, 5.74) is -0.638. The van der Waals surface area contributed by atoms with Gasteiger partial charge in [-0.25, -0.2) is 13.6 Å². The summed E-state index contributed by atoms with van der Waals surface area (Å²) in [6.07, 6.45) is 7.30. The molecule has 2 amide bonds. The molecule has 2 fully saturated rings. The zero-order valence-corrected chi connectivity index (χ0v) is 24.2. The number of hydrogen-bond acceptors (Lipinski definition) is 7. The van der Waals surface area contributed by atoms with Crippen LogP contribution in [-0.2, 0) is 19.1 Å². The maximum absolute atomic E-state index is 14.1. The molecule has 2 aromatic rings. The smallest absolute Gasteiger partial charge is 0.330 e. The molecular weight excluding hydrogens is 578 g/mol. The molecule has 4 aliphatic rings. The number of rotatable bonds is 5.